The topological polar surface area (TPSA) is 79.8 Å². The first-order valence-corrected chi connectivity index (χ1v) is 5.60. The first-order chi connectivity index (χ1) is 8.50. The summed E-state index contributed by atoms with van der Waals surface area (Å²) in [7, 11) is 0. The molecule has 2 amide bonds. The number of urea groups is 1. The molecule has 18 heavy (non-hydrogen) atoms. The van der Waals surface area contributed by atoms with Crippen LogP contribution in [0.2, 0.25) is 0 Å². The Kier molecular flexibility index (Phi) is 3.29. The second kappa shape index (κ2) is 4.73. The van der Waals surface area contributed by atoms with E-state index < -0.39 is 5.54 Å². The molecule has 1 aromatic rings. The van der Waals surface area contributed by atoms with Crippen LogP contribution < -0.4 is 20.1 Å². The van der Waals surface area contributed by atoms with Crippen LogP contribution >= 0.6 is 0 Å². The summed E-state index contributed by atoms with van der Waals surface area (Å²) in [6.45, 7) is 3.52. The highest BCUT2D eigenvalue weighted by Crippen LogP contribution is 2.34. The molecule has 0 fully saturated rings. The van der Waals surface area contributed by atoms with Crippen molar-refractivity contribution in [3.8, 4) is 11.5 Å². The first kappa shape index (κ1) is 12.5. The lowest BCUT2D eigenvalue weighted by Gasteiger charge is -2.23. The Balaban J connectivity index is 1.99. The number of carbonyl (C=O) groups is 1. The molecule has 98 valence electrons. The van der Waals surface area contributed by atoms with Crippen LogP contribution in [-0.4, -0.2) is 30.1 Å². The van der Waals surface area contributed by atoms with Crippen molar-refractivity contribution in [3.05, 3.63) is 18.2 Å². The quantitative estimate of drug-likeness (QED) is 0.757. The first-order valence-electron chi connectivity index (χ1n) is 5.60. The summed E-state index contributed by atoms with van der Waals surface area (Å²) in [4.78, 5) is 11.7. The summed E-state index contributed by atoms with van der Waals surface area (Å²) >= 11 is 0. The number of nitrogens with one attached hydrogen (secondary N) is 2. The van der Waals surface area contributed by atoms with Gasteiger partial charge in [0.1, 0.15) is 0 Å². The van der Waals surface area contributed by atoms with Crippen molar-refractivity contribution in [3.63, 3.8) is 0 Å². The second-order valence-electron chi connectivity index (χ2n) is 4.69. The van der Waals surface area contributed by atoms with E-state index >= 15 is 0 Å². The van der Waals surface area contributed by atoms with Crippen LogP contribution in [-0.2, 0) is 0 Å². The van der Waals surface area contributed by atoms with Crippen LogP contribution in [0.25, 0.3) is 0 Å². The molecule has 0 saturated carbocycles. The van der Waals surface area contributed by atoms with Crippen LogP contribution in [0.15, 0.2) is 18.2 Å². The number of ether oxygens (including phenoxy) is 2. The minimum Gasteiger partial charge on any atom is -0.454 e. The number of hydrogen-bond donors (Lipinski definition) is 3. The van der Waals surface area contributed by atoms with Crippen molar-refractivity contribution in [2.45, 2.75) is 19.4 Å². The molecule has 0 atom stereocenters. The molecule has 1 aliphatic rings. The van der Waals surface area contributed by atoms with Crippen LogP contribution in [0.1, 0.15) is 13.8 Å². The van der Waals surface area contributed by atoms with Gasteiger partial charge in [0.05, 0.1) is 12.1 Å². The SMILES string of the molecule is CC(C)(CO)NC(=O)Nc1ccc2c(c1)OCO2. The van der Waals surface area contributed by atoms with Crippen LogP contribution in [0.4, 0.5) is 10.5 Å². The number of aliphatic hydroxyl groups excluding tert-OH is 1. The summed E-state index contributed by atoms with van der Waals surface area (Å²) in [5, 5.41) is 14.4. The lowest BCUT2D eigenvalue weighted by atomic mass is 10.1. The number of fused-ring (bicyclic) bond motifs is 1. The van der Waals surface area contributed by atoms with Crippen molar-refractivity contribution >= 4 is 11.7 Å². The fraction of sp³-hybridized carbons (Fsp3) is 0.417. The van der Waals surface area contributed by atoms with E-state index in [4.69, 9.17) is 14.6 Å². The molecule has 0 bridgehead atoms. The zero-order chi connectivity index (χ0) is 13.2. The third-order valence-corrected chi connectivity index (χ3v) is 2.48. The highest BCUT2D eigenvalue weighted by atomic mass is 16.7. The van der Waals surface area contributed by atoms with Gasteiger partial charge in [-0.3, -0.25) is 0 Å². The molecule has 1 heterocycles. The average molecular weight is 252 g/mol. The fourth-order valence-corrected chi connectivity index (χ4v) is 1.48. The third-order valence-electron chi connectivity index (χ3n) is 2.48. The van der Waals surface area contributed by atoms with Crippen molar-refractivity contribution in [2.75, 3.05) is 18.7 Å². The van der Waals surface area contributed by atoms with Crippen molar-refractivity contribution in [2.24, 2.45) is 0 Å². The Morgan fingerprint density at radius 3 is 2.83 bits per heavy atom. The molecule has 0 unspecified atom stereocenters. The Labute approximate surface area is 105 Å². The highest BCUT2D eigenvalue weighted by molar-refractivity contribution is 5.90. The number of carbonyl (C=O) groups excluding carboxylic acids is 1. The van der Waals surface area contributed by atoms with Gasteiger partial charge in [0, 0.05) is 11.8 Å². The van der Waals surface area contributed by atoms with Gasteiger partial charge < -0.3 is 25.2 Å². The Bertz CT molecular complexity index is 459. The van der Waals surface area contributed by atoms with Gasteiger partial charge >= 0.3 is 6.03 Å². The van der Waals surface area contributed by atoms with E-state index in [1.165, 1.54) is 0 Å². The van der Waals surface area contributed by atoms with Gasteiger partial charge in [-0.2, -0.15) is 0 Å². The zero-order valence-electron chi connectivity index (χ0n) is 10.3. The van der Waals surface area contributed by atoms with Crippen molar-refractivity contribution in [1.82, 2.24) is 5.32 Å². The average Bonchev–Trinajstić information content (AvgIpc) is 2.75. The van der Waals surface area contributed by atoms with Gasteiger partial charge in [0.25, 0.3) is 0 Å². The Morgan fingerprint density at radius 2 is 2.11 bits per heavy atom. The second-order valence-corrected chi connectivity index (χ2v) is 4.69. The zero-order valence-corrected chi connectivity index (χ0v) is 10.3. The summed E-state index contributed by atoms with van der Waals surface area (Å²) in [5.74, 6) is 1.27. The molecule has 1 aromatic carbocycles. The van der Waals surface area contributed by atoms with Gasteiger partial charge in [-0.25, -0.2) is 4.79 Å². The van der Waals surface area contributed by atoms with Gasteiger partial charge in [-0.1, -0.05) is 0 Å². The minimum absolute atomic E-state index is 0.137. The molecular weight excluding hydrogens is 236 g/mol. The van der Waals surface area contributed by atoms with E-state index in [-0.39, 0.29) is 19.4 Å². The molecule has 0 aliphatic carbocycles. The third kappa shape index (κ3) is 2.84. The fourth-order valence-electron chi connectivity index (χ4n) is 1.48. The number of amides is 2. The van der Waals surface area contributed by atoms with E-state index in [0.29, 0.717) is 17.2 Å². The van der Waals surface area contributed by atoms with Crippen LogP contribution in [0.5, 0.6) is 11.5 Å². The lowest BCUT2D eigenvalue weighted by Crippen LogP contribution is -2.48. The standard InChI is InChI=1S/C12H16N2O4/c1-12(2,6-15)14-11(16)13-8-3-4-9-10(5-8)18-7-17-9/h3-5,15H,6-7H2,1-2H3,(H2,13,14,16). The molecule has 0 spiro atoms. The van der Waals surface area contributed by atoms with Crippen molar-refractivity contribution in [1.29, 1.82) is 0 Å². The van der Waals surface area contributed by atoms with Crippen molar-refractivity contribution < 1.29 is 19.4 Å². The summed E-state index contributed by atoms with van der Waals surface area (Å²) in [6, 6.07) is 4.76. The number of hydrogen-bond acceptors (Lipinski definition) is 4. The predicted molar refractivity (Wildman–Crippen MR) is 65.9 cm³/mol. The van der Waals surface area contributed by atoms with Gasteiger partial charge in [-0.05, 0) is 26.0 Å². The Hall–Kier alpha value is -1.95. The highest BCUT2D eigenvalue weighted by Gasteiger charge is 2.19. The van der Waals surface area contributed by atoms with Gasteiger partial charge in [-0.15, -0.1) is 0 Å². The van der Waals surface area contributed by atoms with E-state index in [1.807, 2.05) is 0 Å². The molecule has 6 heteroatoms. The molecule has 6 nitrogen and oxygen atoms in total. The molecule has 0 radical (unpaired) electrons. The van der Waals surface area contributed by atoms with Gasteiger partial charge in [0.15, 0.2) is 11.5 Å². The lowest BCUT2D eigenvalue weighted by molar-refractivity contribution is 0.174. The van der Waals surface area contributed by atoms with E-state index in [9.17, 15) is 4.79 Å². The van der Waals surface area contributed by atoms with E-state index in [1.54, 1.807) is 32.0 Å². The smallest absolute Gasteiger partial charge is 0.319 e. The van der Waals surface area contributed by atoms with Gasteiger partial charge in [0.2, 0.25) is 6.79 Å². The van der Waals surface area contributed by atoms with Crippen LogP contribution in [0, 0.1) is 0 Å². The predicted octanol–water partition coefficient (Wildman–Crippen LogP) is 1.31. The summed E-state index contributed by atoms with van der Waals surface area (Å²) in [6.07, 6.45) is 0. The monoisotopic (exact) mass is 252 g/mol. The Morgan fingerprint density at radius 1 is 1.39 bits per heavy atom. The number of rotatable bonds is 3. The molecule has 2 rings (SSSR count). The maximum Gasteiger partial charge on any atom is 0.319 e. The molecular formula is C12H16N2O4. The van der Waals surface area contributed by atoms with E-state index in [0.717, 1.165) is 0 Å². The molecule has 0 saturated heterocycles. The summed E-state index contributed by atoms with van der Waals surface area (Å²) in [5.41, 5.74) is -0.0639. The maximum atomic E-state index is 11.7. The maximum absolute atomic E-state index is 11.7. The normalized spacial score (nSPS) is 13.3. The minimum atomic E-state index is -0.666. The number of anilines is 1. The molecule has 1 aliphatic heterocycles. The van der Waals surface area contributed by atoms with E-state index in [2.05, 4.69) is 10.6 Å². The van der Waals surface area contributed by atoms with Crippen LogP contribution in [0.3, 0.4) is 0 Å². The molecule has 3 N–H and O–H groups in total. The largest absolute Gasteiger partial charge is 0.454 e. The number of aliphatic hydroxyl groups is 1. The summed E-state index contributed by atoms with van der Waals surface area (Å²) < 4.78 is 10.4. The number of benzene rings is 1. The molecule has 0 aromatic heterocycles.